The van der Waals surface area contributed by atoms with Crippen molar-refractivity contribution < 1.29 is 4.79 Å². The molecule has 0 fully saturated rings. The van der Waals surface area contributed by atoms with E-state index in [-0.39, 0.29) is 17.8 Å². The van der Waals surface area contributed by atoms with Crippen molar-refractivity contribution in [2.75, 3.05) is 18.1 Å². The molecule has 8 heteroatoms. The number of hydrogen-bond acceptors (Lipinski definition) is 7. The topological polar surface area (TPSA) is 92.9 Å². The van der Waals surface area contributed by atoms with Crippen LogP contribution in [0.3, 0.4) is 0 Å². The molecule has 2 rings (SSSR count). The third kappa shape index (κ3) is 3.02. The molecular formula is C11H15N5OS2. The maximum absolute atomic E-state index is 12.1. The van der Waals surface area contributed by atoms with Crippen LogP contribution in [0.4, 0.5) is 10.9 Å². The lowest BCUT2D eigenvalue weighted by Crippen LogP contribution is -2.26. The SMILES string of the molecule is CNc1nc(N)c(C(=O)NC(C)c2nc(C)cs2)s1. The quantitative estimate of drug-likeness (QED) is 0.803. The summed E-state index contributed by atoms with van der Waals surface area (Å²) in [7, 11) is 1.74. The Hall–Kier alpha value is -1.67. The van der Waals surface area contributed by atoms with Gasteiger partial charge in [-0.3, -0.25) is 4.79 Å². The molecule has 0 aliphatic rings. The predicted molar refractivity (Wildman–Crippen MR) is 78.8 cm³/mol. The number of nitrogens with zero attached hydrogens (tertiary/aromatic N) is 2. The van der Waals surface area contributed by atoms with Crippen molar-refractivity contribution in [2.24, 2.45) is 0 Å². The molecule has 0 bridgehead atoms. The molecule has 2 heterocycles. The molecule has 2 aromatic heterocycles. The van der Waals surface area contributed by atoms with E-state index >= 15 is 0 Å². The van der Waals surface area contributed by atoms with Crippen molar-refractivity contribution in [3.63, 3.8) is 0 Å². The van der Waals surface area contributed by atoms with Crippen molar-refractivity contribution in [3.05, 3.63) is 21.0 Å². The number of carbonyl (C=O) groups excluding carboxylic acids is 1. The van der Waals surface area contributed by atoms with Gasteiger partial charge in [-0.1, -0.05) is 11.3 Å². The monoisotopic (exact) mass is 297 g/mol. The Kier molecular flexibility index (Phi) is 4.01. The van der Waals surface area contributed by atoms with E-state index in [1.54, 1.807) is 7.05 Å². The molecule has 0 saturated heterocycles. The van der Waals surface area contributed by atoms with Gasteiger partial charge in [0.1, 0.15) is 15.7 Å². The van der Waals surface area contributed by atoms with Gasteiger partial charge in [-0.2, -0.15) is 0 Å². The second kappa shape index (κ2) is 5.54. The summed E-state index contributed by atoms with van der Waals surface area (Å²) in [5, 5.41) is 9.20. The molecule has 0 saturated carbocycles. The van der Waals surface area contributed by atoms with Crippen molar-refractivity contribution in [3.8, 4) is 0 Å². The molecule has 0 radical (unpaired) electrons. The summed E-state index contributed by atoms with van der Waals surface area (Å²) in [6.45, 7) is 3.82. The number of hydrogen-bond donors (Lipinski definition) is 3. The number of nitrogens with two attached hydrogens (primary N) is 1. The molecule has 1 amide bonds. The highest BCUT2D eigenvalue weighted by atomic mass is 32.1. The number of rotatable bonds is 4. The van der Waals surface area contributed by atoms with Gasteiger partial charge < -0.3 is 16.4 Å². The van der Waals surface area contributed by atoms with E-state index in [2.05, 4.69) is 20.6 Å². The highest BCUT2D eigenvalue weighted by Gasteiger charge is 2.19. The van der Waals surface area contributed by atoms with Crippen LogP contribution in [0, 0.1) is 6.92 Å². The van der Waals surface area contributed by atoms with Crippen molar-refractivity contribution in [2.45, 2.75) is 19.9 Å². The summed E-state index contributed by atoms with van der Waals surface area (Å²) in [6.07, 6.45) is 0. The van der Waals surface area contributed by atoms with Crippen molar-refractivity contribution in [1.29, 1.82) is 0 Å². The molecule has 102 valence electrons. The molecule has 2 aromatic rings. The number of aryl methyl sites for hydroxylation is 1. The fraction of sp³-hybridized carbons (Fsp3) is 0.364. The minimum atomic E-state index is -0.225. The molecule has 1 atom stereocenters. The minimum absolute atomic E-state index is 0.147. The number of nitrogens with one attached hydrogen (secondary N) is 2. The van der Waals surface area contributed by atoms with E-state index in [1.807, 2.05) is 19.2 Å². The maximum Gasteiger partial charge on any atom is 0.265 e. The van der Waals surface area contributed by atoms with Gasteiger partial charge >= 0.3 is 0 Å². The van der Waals surface area contributed by atoms with Crippen LogP contribution in [0.5, 0.6) is 0 Å². The number of carbonyl (C=O) groups is 1. The summed E-state index contributed by atoms with van der Waals surface area (Å²) >= 11 is 2.76. The Bertz CT molecular complexity index is 592. The smallest absolute Gasteiger partial charge is 0.265 e. The van der Waals surface area contributed by atoms with E-state index < -0.39 is 0 Å². The molecular weight excluding hydrogens is 282 g/mol. The lowest BCUT2D eigenvalue weighted by atomic mass is 10.3. The van der Waals surface area contributed by atoms with Crippen LogP contribution in [0.1, 0.15) is 33.3 Å². The third-order valence-electron chi connectivity index (χ3n) is 2.43. The summed E-state index contributed by atoms with van der Waals surface area (Å²) in [4.78, 5) is 20.9. The minimum Gasteiger partial charge on any atom is -0.382 e. The van der Waals surface area contributed by atoms with E-state index in [0.717, 1.165) is 10.7 Å². The number of nitrogen functional groups attached to an aromatic ring is 1. The Balaban J connectivity index is 2.10. The average molecular weight is 297 g/mol. The van der Waals surface area contributed by atoms with Gasteiger partial charge in [-0.05, 0) is 13.8 Å². The number of thiazole rings is 2. The highest BCUT2D eigenvalue weighted by molar-refractivity contribution is 7.18. The van der Waals surface area contributed by atoms with E-state index in [4.69, 9.17) is 5.73 Å². The van der Waals surface area contributed by atoms with Crippen LogP contribution < -0.4 is 16.4 Å². The first-order valence-corrected chi connectivity index (χ1v) is 7.37. The van der Waals surface area contributed by atoms with E-state index in [1.165, 1.54) is 22.7 Å². The first-order chi connectivity index (χ1) is 9.01. The molecule has 19 heavy (non-hydrogen) atoms. The summed E-state index contributed by atoms with van der Waals surface area (Å²) in [5.74, 6) is 0.0197. The standard InChI is InChI=1S/C11H15N5OS2/c1-5-4-18-10(14-5)6(2)15-9(17)7-8(12)16-11(13-3)19-7/h4,6H,12H2,1-3H3,(H,13,16)(H,15,17). The first kappa shape index (κ1) is 13.8. The van der Waals surface area contributed by atoms with E-state index in [0.29, 0.717) is 10.0 Å². The zero-order valence-electron chi connectivity index (χ0n) is 10.9. The Labute approximate surface area is 119 Å². The number of amides is 1. The fourth-order valence-electron chi connectivity index (χ4n) is 1.50. The molecule has 0 aliphatic carbocycles. The van der Waals surface area contributed by atoms with Gasteiger partial charge in [0.15, 0.2) is 5.13 Å². The van der Waals surface area contributed by atoms with Crippen LogP contribution in [0.15, 0.2) is 5.38 Å². The molecule has 4 N–H and O–H groups in total. The molecule has 6 nitrogen and oxygen atoms in total. The lowest BCUT2D eigenvalue weighted by Gasteiger charge is -2.10. The van der Waals surface area contributed by atoms with Crippen molar-refractivity contribution in [1.82, 2.24) is 15.3 Å². The summed E-state index contributed by atoms with van der Waals surface area (Å²) < 4.78 is 0. The predicted octanol–water partition coefficient (Wildman–Crippen LogP) is 2.02. The van der Waals surface area contributed by atoms with Crippen LogP contribution >= 0.6 is 22.7 Å². The maximum atomic E-state index is 12.1. The van der Waals surface area contributed by atoms with Crippen molar-refractivity contribution >= 4 is 39.5 Å². The second-order valence-electron chi connectivity index (χ2n) is 4.01. The van der Waals surface area contributed by atoms with Gasteiger partial charge in [0.25, 0.3) is 5.91 Å². The van der Waals surface area contributed by atoms with Crippen LogP contribution in [-0.2, 0) is 0 Å². The van der Waals surface area contributed by atoms with E-state index in [9.17, 15) is 4.79 Å². The molecule has 0 spiro atoms. The Morgan fingerprint density at radius 1 is 1.47 bits per heavy atom. The van der Waals surface area contributed by atoms with Gasteiger partial charge in [-0.15, -0.1) is 11.3 Å². The molecule has 0 aliphatic heterocycles. The Morgan fingerprint density at radius 3 is 2.74 bits per heavy atom. The number of anilines is 2. The Morgan fingerprint density at radius 2 is 2.21 bits per heavy atom. The van der Waals surface area contributed by atoms with Crippen LogP contribution in [-0.4, -0.2) is 22.9 Å². The lowest BCUT2D eigenvalue weighted by molar-refractivity contribution is 0.0944. The fourth-order valence-corrected chi connectivity index (χ4v) is 3.04. The largest absolute Gasteiger partial charge is 0.382 e. The third-order valence-corrected chi connectivity index (χ3v) is 4.66. The van der Waals surface area contributed by atoms with Gasteiger partial charge in [0.2, 0.25) is 0 Å². The second-order valence-corrected chi connectivity index (χ2v) is 5.89. The normalized spacial score (nSPS) is 12.2. The van der Waals surface area contributed by atoms with Gasteiger partial charge in [0, 0.05) is 18.1 Å². The first-order valence-electron chi connectivity index (χ1n) is 5.68. The summed E-state index contributed by atoms with van der Waals surface area (Å²) in [5.41, 5.74) is 6.68. The molecule has 1 unspecified atom stereocenters. The van der Waals surface area contributed by atoms with Gasteiger partial charge in [-0.25, -0.2) is 9.97 Å². The summed E-state index contributed by atoms with van der Waals surface area (Å²) in [6, 6.07) is -0.147. The average Bonchev–Trinajstić information content (AvgIpc) is 2.95. The van der Waals surface area contributed by atoms with Gasteiger partial charge in [0.05, 0.1) is 6.04 Å². The number of aromatic nitrogens is 2. The highest BCUT2D eigenvalue weighted by Crippen LogP contribution is 2.25. The zero-order valence-corrected chi connectivity index (χ0v) is 12.5. The van der Waals surface area contributed by atoms with Crippen LogP contribution in [0.25, 0.3) is 0 Å². The molecule has 0 aromatic carbocycles. The zero-order chi connectivity index (χ0) is 14.0. The van der Waals surface area contributed by atoms with Crippen LogP contribution in [0.2, 0.25) is 0 Å².